The lowest BCUT2D eigenvalue weighted by molar-refractivity contribution is -0.126. The van der Waals surface area contributed by atoms with Crippen LogP contribution in [0.5, 0.6) is 0 Å². The molecule has 0 radical (unpaired) electrons. The van der Waals surface area contributed by atoms with E-state index in [0.717, 1.165) is 0 Å². The van der Waals surface area contributed by atoms with Crippen LogP contribution in [0, 0.1) is 11.7 Å². The Balaban J connectivity index is 1.53. The van der Waals surface area contributed by atoms with E-state index in [9.17, 15) is 14.0 Å². The minimum Gasteiger partial charge on any atom is -0.472 e. The molecule has 2 amide bonds. The number of halogens is 1. The topological polar surface area (TPSA) is 80.4 Å². The smallest absolute Gasteiger partial charge is 0.257 e. The van der Waals surface area contributed by atoms with E-state index in [-0.39, 0.29) is 17.7 Å². The van der Waals surface area contributed by atoms with Gasteiger partial charge in [0.25, 0.3) is 5.91 Å². The fourth-order valence-electron chi connectivity index (χ4n) is 3.85. The summed E-state index contributed by atoms with van der Waals surface area (Å²) < 4.78 is 21.3. The second-order valence-corrected chi connectivity index (χ2v) is 7.46. The molecular weight excluding hydrogens is 387 g/mol. The van der Waals surface area contributed by atoms with Gasteiger partial charge in [0.2, 0.25) is 5.91 Å². The Hall–Kier alpha value is -3.42. The van der Waals surface area contributed by atoms with E-state index in [0.29, 0.717) is 42.9 Å². The number of imidazole rings is 1. The van der Waals surface area contributed by atoms with Gasteiger partial charge in [0.15, 0.2) is 0 Å². The fraction of sp³-hybridized carbons (Fsp3) is 0.318. The maximum atomic E-state index is 14.5. The number of hydrogen-bond donors (Lipinski definition) is 1. The summed E-state index contributed by atoms with van der Waals surface area (Å²) in [6, 6.07) is 7.23. The molecule has 3 aromatic rings. The van der Waals surface area contributed by atoms with Crippen molar-refractivity contribution in [3.05, 3.63) is 78.0 Å². The maximum Gasteiger partial charge on any atom is 0.257 e. The molecule has 1 aliphatic rings. The van der Waals surface area contributed by atoms with Crippen molar-refractivity contribution in [3.8, 4) is 0 Å². The molecule has 7 nitrogen and oxygen atoms in total. The predicted octanol–water partition coefficient (Wildman–Crippen LogP) is 2.91. The Bertz CT molecular complexity index is 1030. The first-order chi connectivity index (χ1) is 14.5. The van der Waals surface area contributed by atoms with Gasteiger partial charge in [-0.15, -0.1) is 0 Å². The molecule has 1 saturated heterocycles. The molecular formula is C22H23FN4O3. The van der Waals surface area contributed by atoms with E-state index in [1.54, 1.807) is 53.2 Å². The molecule has 4 rings (SSSR count). The Morgan fingerprint density at radius 3 is 2.83 bits per heavy atom. The molecule has 1 aliphatic heterocycles. The number of nitrogens with one attached hydrogen (secondary N) is 1. The lowest BCUT2D eigenvalue weighted by Gasteiger charge is -2.32. The van der Waals surface area contributed by atoms with Crippen molar-refractivity contribution in [2.75, 3.05) is 13.1 Å². The SMILES string of the molecule is Cn1ccnc1C(NC(=O)C1CCCN(C(=O)c2ccoc2)C1)c1ccccc1F. The second-order valence-electron chi connectivity index (χ2n) is 7.46. The van der Waals surface area contributed by atoms with E-state index < -0.39 is 11.9 Å². The number of piperidine rings is 1. The summed E-state index contributed by atoms with van der Waals surface area (Å²) in [6.45, 7) is 0.893. The normalized spacial score (nSPS) is 17.5. The van der Waals surface area contributed by atoms with Gasteiger partial charge in [-0.3, -0.25) is 9.59 Å². The Morgan fingerprint density at radius 2 is 2.13 bits per heavy atom. The van der Waals surface area contributed by atoms with Gasteiger partial charge >= 0.3 is 0 Å². The third-order valence-electron chi connectivity index (χ3n) is 5.47. The molecule has 1 aromatic carbocycles. The quantitative estimate of drug-likeness (QED) is 0.701. The van der Waals surface area contributed by atoms with Crippen molar-refractivity contribution < 1.29 is 18.4 Å². The summed E-state index contributed by atoms with van der Waals surface area (Å²) in [6.07, 6.45) is 7.59. The summed E-state index contributed by atoms with van der Waals surface area (Å²) in [4.78, 5) is 31.7. The summed E-state index contributed by atoms with van der Waals surface area (Å²) >= 11 is 0. The monoisotopic (exact) mass is 410 g/mol. The Morgan fingerprint density at radius 1 is 1.30 bits per heavy atom. The highest BCUT2D eigenvalue weighted by atomic mass is 19.1. The zero-order chi connectivity index (χ0) is 21.1. The van der Waals surface area contributed by atoms with E-state index in [2.05, 4.69) is 10.3 Å². The van der Waals surface area contributed by atoms with Crippen LogP contribution < -0.4 is 5.32 Å². The first kappa shape index (κ1) is 19.9. The van der Waals surface area contributed by atoms with Gasteiger partial charge in [-0.1, -0.05) is 18.2 Å². The molecule has 0 spiro atoms. The zero-order valence-electron chi connectivity index (χ0n) is 16.6. The molecule has 8 heteroatoms. The molecule has 2 aromatic heterocycles. The van der Waals surface area contributed by atoms with Gasteiger partial charge in [0.05, 0.1) is 17.7 Å². The standard InChI is InChI=1S/C22H23FN4O3/c1-26-11-9-24-20(26)19(17-6-2-3-7-18(17)23)25-21(28)15-5-4-10-27(13-15)22(29)16-8-12-30-14-16/h2-3,6-9,11-12,14-15,19H,4-5,10,13H2,1H3,(H,25,28). The summed E-state index contributed by atoms with van der Waals surface area (Å²) in [5.74, 6) is -0.641. The highest BCUT2D eigenvalue weighted by Crippen LogP contribution is 2.25. The van der Waals surface area contributed by atoms with Crippen LogP contribution in [-0.4, -0.2) is 39.4 Å². The molecule has 2 atom stereocenters. The van der Waals surface area contributed by atoms with Crippen molar-refractivity contribution in [1.29, 1.82) is 0 Å². The number of likely N-dealkylation sites (tertiary alicyclic amines) is 1. The highest BCUT2D eigenvalue weighted by molar-refractivity contribution is 5.94. The number of nitrogens with zero attached hydrogens (tertiary/aromatic N) is 3. The number of benzene rings is 1. The summed E-state index contributed by atoms with van der Waals surface area (Å²) in [5.41, 5.74) is 0.815. The van der Waals surface area contributed by atoms with E-state index in [1.165, 1.54) is 18.6 Å². The minimum absolute atomic E-state index is 0.156. The largest absolute Gasteiger partial charge is 0.472 e. The number of aryl methyl sites for hydroxylation is 1. The number of carbonyl (C=O) groups excluding carboxylic acids is 2. The number of hydrogen-bond acceptors (Lipinski definition) is 4. The van der Waals surface area contributed by atoms with Crippen molar-refractivity contribution >= 4 is 11.8 Å². The van der Waals surface area contributed by atoms with Gasteiger partial charge < -0.3 is 19.2 Å². The number of rotatable bonds is 5. The Kier molecular flexibility index (Phi) is 5.65. The van der Waals surface area contributed by atoms with E-state index in [4.69, 9.17) is 4.42 Å². The van der Waals surface area contributed by atoms with Gasteiger partial charge in [-0.25, -0.2) is 9.37 Å². The van der Waals surface area contributed by atoms with Gasteiger partial charge in [0.1, 0.15) is 23.9 Å². The average molecular weight is 410 g/mol. The number of carbonyl (C=O) groups is 2. The van der Waals surface area contributed by atoms with E-state index in [1.807, 2.05) is 0 Å². The third-order valence-corrected chi connectivity index (χ3v) is 5.47. The lowest BCUT2D eigenvalue weighted by Crippen LogP contribution is -2.46. The molecule has 2 unspecified atom stereocenters. The molecule has 0 saturated carbocycles. The summed E-state index contributed by atoms with van der Waals surface area (Å²) in [7, 11) is 1.80. The van der Waals surface area contributed by atoms with Crippen LogP contribution in [0.1, 0.15) is 40.6 Å². The summed E-state index contributed by atoms with van der Waals surface area (Å²) in [5, 5.41) is 2.96. The van der Waals surface area contributed by atoms with Crippen molar-refractivity contribution in [2.45, 2.75) is 18.9 Å². The number of furan rings is 1. The minimum atomic E-state index is -0.723. The number of aromatic nitrogens is 2. The molecule has 1 fully saturated rings. The average Bonchev–Trinajstić information content (AvgIpc) is 3.44. The van der Waals surface area contributed by atoms with Gasteiger partial charge in [-0.2, -0.15) is 0 Å². The van der Waals surface area contributed by atoms with Crippen LogP contribution in [0.2, 0.25) is 0 Å². The molecule has 156 valence electrons. The van der Waals surface area contributed by atoms with Crippen LogP contribution in [-0.2, 0) is 11.8 Å². The lowest BCUT2D eigenvalue weighted by atomic mass is 9.95. The Labute approximate surface area is 173 Å². The van der Waals surface area contributed by atoms with E-state index >= 15 is 0 Å². The van der Waals surface area contributed by atoms with Crippen LogP contribution in [0.15, 0.2) is 59.7 Å². The molecule has 3 heterocycles. The van der Waals surface area contributed by atoms with Crippen molar-refractivity contribution in [1.82, 2.24) is 19.8 Å². The second kappa shape index (κ2) is 8.52. The van der Waals surface area contributed by atoms with Crippen molar-refractivity contribution in [3.63, 3.8) is 0 Å². The first-order valence-electron chi connectivity index (χ1n) is 9.88. The third kappa shape index (κ3) is 3.98. The van der Waals surface area contributed by atoms with Crippen LogP contribution in [0.3, 0.4) is 0 Å². The highest BCUT2D eigenvalue weighted by Gasteiger charge is 2.32. The van der Waals surface area contributed by atoms with Crippen LogP contribution in [0.4, 0.5) is 4.39 Å². The molecule has 0 bridgehead atoms. The molecule has 30 heavy (non-hydrogen) atoms. The molecule has 0 aliphatic carbocycles. The van der Waals surface area contributed by atoms with Gasteiger partial charge in [-0.05, 0) is 25.0 Å². The molecule has 1 N–H and O–H groups in total. The first-order valence-corrected chi connectivity index (χ1v) is 9.88. The number of amides is 2. The van der Waals surface area contributed by atoms with Crippen LogP contribution in [0.25, 0.3) is 0 Å². The van der Waals surface area contributed by atoms with Crippen molar-refractivity contribution in [2.24, 2.45) is 13.0 Å². The van der Waals surface area contributed by atoms with Crippen LogP contribution >= 0.6 is 0 Å². The predicted molar refractivity (Wildman–Crippen MR) is 107 cm³/mol. The zero-order valence-corrected chi connectivity index (χ0v) is 16.6. The fourth-order valence-corrected chi connectivity index (χ4v) is 3.85. The van der Waals surface area contributed by atoms with Gasteiger partial charge in [0, 0.05) is 38.1 Å². The maximum absolute atomic E-state index is 14.5.